The van der Waals surface area contributed by atoms with E-state index in [1.807, 2.05) is 51.1 Å². The molecular weight excluding hydrogens is 328 g/mol. The minimum absolute atomic E-state index is 0.0534. The summed E-state index contributed by atoms with van der Waals surface area (Å²) in [5, 5.41) is 2.97. The Kier molecular flexibility index (Phi) is 5.09. The van der Waals surface area contributed by atoms with Crippen LogP contribution >= 0.6 is 0 Å². The molecule has 0 saturated heterocycles. The Hall–Kier alpha value is -2.66. The fourth-order valence-corrected chi connectivity index (χ4v) is 3.65. The Labute approximate surface area is 154 Å². The van der Waals surface area contributed by atoms with Crippen LogP contribution in [0.2, 0.25) is 0 Å². The molecule has 0 saturated carbocycles. The second kappa shape index (κ2) is 7.30. The van der Waals surface area contributed by atoms with Gasteiger partial charge in [-0.25, -0.2) is 0 Å². The summed E-state index contributed by atoms with van der Waals surface area (Å²) in [6, 6.07) is 9.75. The van der Waals surface area contributed by atoms with Crippen LogP contribution in [0.1, 0.15) is 32.6 Å². The van der Waals surface area contributed by atoms with Crippen molar-refractivity contribution in [3.05, 3.63) is 58.1 Å². The van der Waals surface area contributed by atoms with Crippen molar-refractivity contribution in [2.45, 2.75) is 27.2 Å². The SMILES string of the molecule is COCC(=O)N1CCc2ccc(NC(=O)c3c(C)cc(C)cc3C)cc21. The van der Waals surface area contributed by atoms with E-state index in [4.69, 9.17) is 4.74 Å². The molecule has 0 aliphatic carbocycles. The summed E-state index contributed by atoms with van der Waals surface area (Å²) in [7, 11) is 1.51. The fourth-order valence-electron chi connectivity index (χ4n) is 3.65. The maximum atomic E-state index is 12.8. The first kappa shape index (κ1) is 18.1. The van der Waals surface area contributed by atoms with E-state index in [2.05, 4.69) is 5.32 Å². The molecule has 3 rings (SSSR count). The number of aryl methyl sites for hydroxylation is 3. The highest BCUT2D eigenvalue weighted by Gasteiger charge is 2.25. The van der Waals surface area contributed by atoms with Crippen LogP contribution in [0.3, 0.4) is 0 Å². The van der Waals surface area contributed by atoms with Crippen LogP contribution < -0.4 is 10.2 Å². The van der Waals surface area contributed by atoms with Gasteiger partial charge in [0.15, 0.2) is 0 Å². The summed E-state index contributed by atoms with van der Waals surface area (Å²) in [5.41, 5.74) is 6.39. The van der Waals surface area contributed by atoms with E-state index in [9.17, 15) is 9.59 Å². The number of methoxy groups -OCH3 is 1. The first-order valence-corrected chi connectivity index (χ1v) is 8.72. The fraction of sp³-hybridized carbons (Fsp3) is 0.333. The second-order valence-corrected chi connectivity index (χ2v) is 6.80. The zero-order valence-electron chi connectivity index (χ0n) is 15.7. The smallest absolute Gasteiger partial charge is 0.256 e. The third-order valence-electron chi connectivity index (χ3n) is 4.71. The lowest BCUT2D eigenvalue weighted by Crippen LogP contribution is -2.32. The van der Waals surface area contributed by atoms with Gasteiger partial charge in [-0.3, -0.25) is 9.59 Å². The molecule has 2 amide bonds. The maximum Gasteiger partial charge on any atom is 0.256 e. The summed E-state index contributed by atoms with van der Waals surface area (Å²) >= 11 is 0. The topological polar surface area (TPSA) is 58.6 Å². The van der Waals surface area contributed by atoms with Gasteiger partial charge in [0.2, 0.25) is 0 Å². The largest absolute Gasteiger partial charge is 0.375 e. The van der Waals surface area contributed by atoms with Gasteiger partial charge in [-0.1, -0.05) is 23.8 Å². The summed E-state index contributed by atoms with van der Waals surface area (Å²) in [4.78, 5) is 26.7. The van der Waals surface area contributed by atoms with Gasteiger partial charge in [0.25, 0.3) is 11.8 Å². The Bertz CT molecular complexity index is 851. The lowest BCUT2D eigenvalue weighted by atomic mass is 9.99. The lowest BCUT2D eigenvalue weighted by molar-refractivity contribution is -0.122. The zero-order valence-corrected chi connectivity index (χ0v) is 15.7. The van der Waals surface area contributed by atoms with Crippen molar-refractivity contribution in [3.8, 4) is 0 Å². The maximum absolute atomic E-state index is 12.8. The van der Waals surface area contributed by atoms with E-state index in [-0.39, 0.29) is 18.4 Å². The van der Waals surface area contributed by atoms with Gasteiger partial charge in [0.1, 0.15) is 6.61 Å². The van der Waals surface area contributed by atoms with Crippen LogP contribution in [0.4, 0.5) is 11.4 Å². The number of amides is 2. The molecule has 0 spiro atoms. The number of benzene rings is 2. The summed E-state index contributed by atoms with van der Waals surface area (Å²) in [5.74, 6) is -0.201. The number of ether oxygens (including phenoxy) is 1. The van der Waals surface area contributed by atoms with Crippen molar-refractivity contribution >= 4 is 23.2 Å². The summed E-state index contributed by atoms with van der Waals surface area (Å²) < 4.78 is 4.96. The van der Waals surface area contributed by atoms with E-state index in [0.29, 0.717) is 17.8 Å². The van der Waals surface area contributed by atoms with Crippen LogP contribution in [-0.4, -0.2) is 32.1 Å². The molecule has 0 aromatic heterocycles. The molecule has 5 heteroatoms. The number of hydrogen-bond acceptors (Lipinski definition) is 3. The molecule has 1 N–H and O–H groups in total. The third kappa shape index (κ3) is 3.48. The molecule has 1 aliphatic rings. The minimum atomic E-state index is -0.132. The normalized spacial score (nSPS) is 12.8. The molecule has 0 unspecified atom stereocenters. The third-order valence-corrected chi connectivity index (χ3v) is 4.71. The molecule has 0 atom stereocenters. The molecule has 136 valence electrons. The van der Waals surface area contributed by atoms with Crippen molar-refractivity contribution in [2.24, 2.45) is 0 Å². The highest BCUT2D eigenvalue weighted by Crippen LogP contribution is 2.31. The molecule has 0 fully saturated rings. The highest BCUT2D eigenvalue weighted by molar-refractivity contribution is 6.07. The zero-order chi connectivity index (χ0) is 18.8. The van der Waals surface area contributed by atoms with E-state index in [1.54, 1.807) is 4.90 Å². The van der Waals surface area contributed by atoms with Crippen molar-refractivity contribution in [3.63, 3.8) is 0 Å². The van der Waals surface area contributed by atoms with Crippen molar-refractivity contribution < 1.29 is 14.3 Å². The summed E-state index contributed by atoms with van der Waals surface area (Å²) in [6.45, 7) is 6.61. The lowest BCUT2D eigenvalue weighted by Gasteiger charge is -2.18. The van der Waals surface area contributed by atoms with Crippen LogP contribution in [0.5, 0.6) is 0 Å². The average molecular weight is 352 g/mol. The highest BCUT2D eigenvalue weighted by atomic mass is 16.5. The number of rotatable bonds is 4. The van der Waals surface area contributed by atoms with E-state index < -0.39 is 0 Å². The van der Waals surface area contributed by atoms with Crippen LogP contribution in [0.15, 0.2) is 30.3 Å². The van der Waals surface area contributed by atoms with Gasteiger partial charge in [-0.15, -0.1) is 0 Å². The van der Waals surface area contributed by atoms with Crippen molar-refractivity contribution in [1.82, 2.24) is 0 Å². The second-order valence-electron chi connectivity index (χ2n) is 6.80. The van der Waals surface area contributed by atoms with Crippen LogP contribution in [0.25, 0.3) is 0 Å². The van der Waals surface area contributed by atoms with Gasteiger partial charge >= 0.3 is 0 Å². The Balaban J connectivity index is 1.85. The number of nitrogens with one attached hydrogen (secondary N) is 1. The molecule has 1 heterocycles. The number of nitrogens with zero attached hydrogens (tertiary/aromatic N) is 1. The Morgan fingerprint density at radius 2 is 1.81 bits per heavy atom. The first-order valence-electron chi connectivity index (χ1n) is 8.72. The Morgan fingerprint density at radius 3 is 2.46 bits per heavy atom. The molecule has 5 nitrogen and oxygen atoms in total. The molecule has 0 radical (unpaired) electrons. The standard InChI is InChI=1S/C21H24N2O3/c1-13-9-14(2)20(15(3)10-13)21(25)22-17-6-5-16-7-8-23(18(16)11-17)19(24)12-26-4/h5-6,9-11H,7-8,12H2,1-4H3,(H,22,25). The number of fused-ring (bicyclic) bond motifs is 1. The molecular formula is C21H24N2O3. The number of hydrogen-bond donors (Lipinski definition) is 1. The Morgan fingerprint density at radius 1 is 1.12 bits per heavy atom. The molecule has 2 aromatic carbocycles. The average Bonchev–Trinajstić information content (AvgIpc) is 2.97. The number of carbonyl (C=O) groups excluding carboxylic acids is 2. The predicted molar refractivity (Wildman–Crippen MR) is 103 cm³/mol. The number of carbonyl (C=O) groups is 2. The van der Waals surface area contributed by atoms with Gasteiger partial charge < -0.3 is 15.0 Å². The van der Waals surface area contributed by atoms with Gasteiger partial charge in [0.05, 0.1) is 0 Å². The van der Waals surface area contributed by atoms with Gasteiger partial charge in [-0.05, 0) is 56.0 Å². The van der Waals surface area contributed by atoms with Gasteiger partial charge in [-0.2, -0.15) is 0 Å². The first-order chi connectivity index (χ1) is 12.4. The van der Waals surface area contributed by atoms with E-state index in [0.717, 1.165) is 34.4 Å². The number of anilines is 2. The van der Waals surface area contributed by atoms with Crippen molar-refractivity contribution in [1.29, 1.82) is 0 Å². The predicted octanol–water partition coefficient (Wildman–Crippen LogP) is 3.40. The molecule has 0 bridgehead atoms. The molecule has 1 aliphatic heterocycles. The van der Waals surface area contributed by atoms with Crippen molar-refractivity contribution in [2.75, 3.05) is 30.5 Å². The molecule has 26 heavy (non-hydrogen) atoms. The summed E-state index contributed by atoms with van der Waals surface area (Å²) in [6.07, 6.45) is 0.815. The minimum Gasteiger partial charge on any atom is -0.375 e. The monoisotopic (exact) mass is 352 g/mol. The van der Waals surface area contributed by atoms with E-state index >= 15 is 0 Å². The van der Waals surface area contributed by atoms with Gasteiger partial charge in [0, 0.05) is 30.6 Å². The van der Waals surface area contributed by atoms with E-state index in [1.165, 1.54) is 7.11 Å². The van der Waals surface area contributed by atoms with Crippen LogP contribution in [0, 0.1) is 20.8 Å². The molecule has 2 aromatic rings. The quantitative estimate of drug-likeness (QED) is 0.917. The van der Waals surface area contributed by atoms with Crippen LogP contribution in [-0.2, 0) is 16.0 Å².